The number of likely N-dealkylation sites (tertiary alicyclic amines) is 1. The number of halogens is 1. The van der Waals surface area contributed by atoms with E-state index in [0.717, 1.165) is 0 Å². The molecular weight excluding hydrogens is 285 g/mol. The normalized spacial score (nSPS) is 16.0. The fourth-order valence-corrected chi connectivity index (χ4v) is 2.48. The Labute approximate surface area is 129 Å². The van der Waals surface area contributed by atoms with Gasteiger partial charge in [0.1, 0.15) is 5.82 Å². The third-order valence-corrected chi connectivity index (χ3v) is 3.69. The monoisotopic (exact) mass is 305 g/mol. The lowest BCUT2D eigenvalue weighted by molar-refractivity contribution is -0.150. The number of ether oxygens (including phenoxy) is 1. The second kappa shape index (κ2) is 7.73. The molecule has 1 heterocycles. The maximum atomic E-state index is 13.1. The molecule has 1 aromatic carbocycles. The summed E-state index contributed by atoms with van der Waals surface area (Å²) < 4.78 is 18.1. The van der Waals surface area contributed by atoms with Gasteiger partial charge in [-0.1, -0.05) is 12.1 Å². The molecule has 22 heavy (non-hydrogen) atoms. The number of carbonyl (C=O) groups is 2. The van der Waals surface area contributed by atoms with Crippen LogP contribution in [0.25, 0.3) is 6.08 Å². The summed E-state index contributed by atoms with van der Waals surface area (Å²) in [6, 6.07) is 6.07. The molecule has 0 bridgehead atoms. The second-order valence-corrected chi connectivity index (χ2v) is 5.24. The quantitative estimate of drug-likeness (QED) is 0.634. The zero-order chi connectivity index (χ0) is 15.9. The van der Waals surface area contributed by atoms with Crippen molar-refractivity contribution < 1.29 is 18.7 Å². The van der Waals surface area contributed by atoms with Gasteiger partial charge in [-0.25, -0.2) is 4.39 Å². The first kappa shape index (κ1) is 16.2. The summed E-state index contributed by atoms with van der Waals surface area (Å²) in [5.41, 5.74) is 0.648. The minimum atomic E-state index is -0.329. The van der Waals surface area contributed by atoms with Gasteiger partial charge in [0.05, 0.1) is 12.5 Å². The van der Waals surface area contributed by atoms with E-state index < -0.39 is 0 Å². The number of carbonyl (C=O) groups excluding carboxylic acids is 2. The van der Waals surface area contributed by atoms with Crippen molar-refractivity contribution >= 4 is 18.0 Å². The Hall–Kier alpha value is -2.17. The molecule has 5 heteroatoms. The largest absolute Gasteiger partial charge is 0.466 e. The maximum Gasteiger partial charge on any atom is 0.309 e. The number of hydrogen-bond acceptors (Lipinski definition) is 3. The summed E-state index contributed by atoms with van der Waals surface area (Å²) in [5, 5.41) is 0. The number of nitrogens with zero attached hydrogens (tertiary/aromatic N) is 1. The molecule has 0 atom stereocenters. The van der Waals surface area contributed by atoms with E-state index in [0.29, 0.717) is 38.1 Å². The number of benzene rings is 1. The third-order valence-electron chi connectivity index (χ3n) is 3.69. The molecule has 0 unspecified atom stereocenters. The molecule has 0 N–H and O–H groups in total. The average molecular weight is 305 g/mol. The number of amides is 1. The minimum absolute atomic E-state index is 0.115. The summed E-state index contributed by atoms with van der Waals surface area (Å²) in [5.74, 6) is -0.738. The van der Waals surface area contributed by atoms with Crippen LogP contribution in [0.1, 0.15) is 25.3 Å². The van der Waals surface area contributed by atoms with E-state index in [-0.39, 0.29) is 23.6 Å². The van der Waals surface area contributed by atoms with Crippen molar-refractivity contribution in [2.75, 3.05) is 19.7 Å². The SMILES string of the molecule is CCOC(=O)C1CCN(C(=O)/C=C/c2cccc(F)c2)CC1. The lowest BCUT2D eigenvalue weighted by Crippen LogP contribution is -2.39. The van der Waals surface area contributed by atoms with Gasteiger partial charge in [-0.15, -0.1) is 0 Å². The maximum absolute atomic E-state index is 13.1. The van der Waals surface area contributed by atoms with Crippen LogP contribution < -0.4 is 0 Å². The van der Waals surface area contributed by atoms with E-state index in [1.807, 2.05) is 0 Å². The number of esters is 1. The van der Waals surface area contributed by atoms with E-state index in [9.17, 15) is 14.0 Å². The van der Waals surface area contributed by atoms with Gasteiger partial charge in [0.15, 0.2) is 0 Å². The van der Waals surface area contributed by atoms with Crippen molar-refractivity contribution in [3.8, 4) is 0 Å². The number of hydrogen-bond donors (Lipinski definition) is 0. The average Bonchev–Trinajstić information content (AvgIpc) is 2.53. The Morgan fingerprint density at radius 2 is 2.09 bits per heavy atom. The van der Waals surface area contributed by atoms with Crippen molar-refractivity contribution in [2.45, 2.75) is 19.8 Å². The van der Waals surface area contributed by atoms with E-state index in [1.54, 1.807) is 30.0 Å². The Kier molecular flexibility index (Phi) is 5.69. The summed E-state index contributed by atoms with van der Waals surface area (Å²) >= 11 is 0. The van der Waals surface area contributed by atoms with E-state index in [4.69, 9.17) is 4.74 Å². The van der Waals surface area contributed by atoms with Crippen LogP contribution in [0.4, 0.5) is 4.39 Å². The summed E-state index contributed by atoms with van der Waals surface area (Å²) in [7, 11) is 0. The van der Waals surface area contributed by atoms with Gasteiger partial charge in [-0.2, -0.15) is 0 Å². The molecule has 1 aliphatic rings. The number of rotatable bonds is 4. The molecule has 0 aliphatic carbocycles. The molecular formula is C17H20FNO3. The molecule has 0 aromatic heterocycles. The lowest BCUT2D eigenvalue weighted by Gasteiger charge is -2.30. The fourth-order valence-electron chi connectivity index (χ4n) is 2.48. The highest BCUT2D eigenvalue weighted by Crippen LogP contribution is 2.19. The highest BCUT2D eigenvalue weighted by atomic mass is 19.1. The molecule has 1 aliphatic heterocycles. The predicted octanol–water partition coefficient (Wildman–Crippen LogP) is 2.64. The Morgan fingerprint density at radius 3 is 2.73 bits per heavy atom. The summed E-state index contributed by atoms with van der Waals surface area (Å²) in [4.78, 5) is 25.4. The van der Waals surface area contributed by atoms with E-state index in [2.05, 4.69) is 0 Å². The predicted molar refractivity (Wildman–Crippen MR) is 81.4 cm³/mol. The van der Waals surface area contributed by atoms with Crippen LogP contribution in [-0.4, -0.2) is 36.5 Å². The van der Waals surface area contributed by atoms with Crippen LogP contribution in [0, 0.1) is 11.7 Å². The summed E-state index contributed by atoms with van der Waals surface area (Å²) in [6.07, 6.45) is 4.29. The molecule has 4 nitrogen and oxygen atoms in total. The Bertz CT molecular complexity index is 563. The van der Waals surface area contributed by atoms with Gasteiger partial charge >= 0.3 is 5.97 Å². The standard InChI is InChI=1S/C17H20FNO3/c1-2-22-17(21)14-8-10-19(11-9-14)16(20)7-6-13-4-3-5-15(18)12-13/h3-7,12,14H,2,8-11H2,1H3/b7-6+. The van der Waals surface area contributed by atoms with E-state index >= 15 is 0 Å². The van der Waals surface area contributed by atoms with Gasteiger partial charge in [-0.3, -0.25) is 9.59 Å². The van der Waals surface area contributed by atoms with Crippen LogP contribution in [0.5, 0.6) is 0 Å². The molecule has 1 fully saturated rings. The summed E-state index contributed by atoms with van der Waals surface area (Å²) in [6.45, 7) is 3.24. The molecule has 0 saturated carbocycles. The molecule has 1 aromatic rings. The van der Waals surface area contributed by atoms with Gasteiger partial charge in [0.2, 0.25) is 5.91 Å². The van der Waals surface area contributed by atoms with Crippen molar-refractivity contribution in [3.63, 3.8) is 0 Å². The fraction of sp³-hybridized carbons (Fsp3) is 0.412. The first-order valence-electron chi connectivity index (χ1n) is 7.49. The van der Waals surface area contributed by atoms with Gasteiger partial charge in [0, 0.05) is 19.2 Å². The third kappa shape index (κ3) is 4.41. The molecule has 118 valence electrons. The van der Waals surface area contributed by atoms with Crippen LogP contribution in [-0.2, 0) is 14.3 Å². The zero-order valence-corrected chi connectivity index (χ0v) is 12.6. The molecule has 1 amide bonds. The van der Waals surface area contributed by atoms with Crippen LogP contribution in [0.3, 0.4) is 0 Å². The zero-order valence-electron chi connectivity index (χ0n) is 12.6. The van der Waals surface area contributed by atoms with Crippen molar-refractivity contribution in [1.29, 1.82) is 0 Å². The van der Waals surface area contributed by atoms with Crippen LogP contribution in [0.15, 0.2) is 30.3 Å². The first-order valence-corrected chi connectivity index (χ1v) is 7.49. The van der Waals surface area contributed by atoms with Crippen LogP contribution in [0.2, 0.25) is 0 Å². The number of piperidine rings is 1. The smallest absolute Gasteiger partial charge is 0.309 e. The Balaban J connectivity index is 1.86. The topological polar surface area (TPSA) is 46.6 Å². The van der Waals surface area contributed by atoms with Crippen molar-refractivity contribution in [1.82, 2.24) is 4.90 Å². The highest BCUT2D eigenvalue weighted by Gasteiger charge is 2.27. The van der Waals surface area contributed by atoms with Gasteiger partial charge < -0.3 is 9.64 Å². The minimum Gasteiger partial charge on any atom is -0.466 e. The highest BCUT2D eigenvalue weighted by molar-refractivity contribution is 5.92. The Morgan fingerprint density at radius 1 is 1.36 bits per heavy atom. The van der Waals surface area contributed by atoms with Crippen LogP contribution >= 0.6 is 0 Å². The lowest BCUT2D eigenvalue weighted by atomic mass is 9.97. The van der Waals surface area contributed by atoms with Gasteiger partial charge in [0.25, 0.3) is 0 Å². The second-order valence-electron chi connectivity index (χ2n) is 5.24. The molecule has 0 radical (unpaired) electrons. The molecule has 2 rings (SSSR count). The first-order chi connectivity index (χ1) is 10.6. The van der Waals surface area contributed by atoms with E-state index in [1.165, 1.54) is 18.2 Å². The van der Waals surface area contributed by atoms with Gasteiger partial charge in [-0.05, 0) is 43.5 Å². The molecule has 1 saturated heterocycles. The molecule has 0 spiro atoms. The van der Waals surface area contributed by atoms with Crippen molar-refractivity contribution in [2.24, 2.45) is 5.92 Å². The van der Waals surface area contributed by atoms with Crippen molar-refractivity contribution in [3.05, 3.63) is 41.7 Å².